The van der Waals surface area contributed by atoms with Crippen molar-refractivity contribution in [3.8, 4) is 5.75 Å². The summed E-state index contributed by atoms with van der Waals surface area (Å²) in [6, 6.07) is 7.55. The van der Waals surface area contributed by atoms with Gasteiger partial charge in [-0.05, 0) is 44.5 Å². The lowest BCUT2D eigenvalue weighted by Crippen LogP contribution is -2.38. The van der Waals surface area contributed by atoms with Crippen molar-refractivity contribution < 1.29 is 19.4 Å². The highest BCUT2D eigenvalue weighted by Crippen LogP contribution is 2.33. The number of hydrogen-bond donors (Lipinski definition) is 1. The van der Waals surface area contributed by atoms with E-state index in [-0.39, 0.29) is 17.7 Å². The first-order valence-electron chi connectivity index (χ1n) is 7.18. The number of methoxy groups -OCH3 is 1. The molecule has 0 bridgehead atoms. The second kappa shape index (κ2) is 6.60. The van der Waals surface area contributed by atoms with Crippen LogP contribution in [-0.4, -0.2) is 47.3 Å². The number of thioether (sulfide) groups is 1. The van der Waals surface area contributed by atoms with Crippen molar-refractivity contribution in [1.29, 1.82) is 0 Å². The van der Waals surface area contributed by atoms with Crippen molar-refractivity contribution in [2.75, 3.05) is 20.2 Å². The SMILES string of the molecule is COc1ccc(SC(C)C(=O)N2CCC(C)(C(=O)O)C2)cc1. The molecule has 120 valence electrons. The van der Waals surface area contributed by atoms with Gasteiger partial charge in [0.1, 0.15) is 5.75 Å². The minimum absolute atomic E-state index is 0.00852. The zero-order valence-electron chi connectivity index (χ0n) is 13.0. The summed E-state index contributed by atoms with van der Waals surface area (Å²) in [7, 11) is 1.61. The number of hydrogen-bond acceptors (Lipinski definition) is 4. The molecule has 1 aliphatic heterocycles. The minimum atomic E-state index is -0.835. The Bertz CT molecular complexity index is 560. The molecule has 0 aromatic heterocycles. The number of likely N-dealkylation sites (tertiary alicyclic amines) is 1. The predicted octanol–water partition coefficient (Wildman–Crippen LogP) is 2.50. The molecule has 0 aliphatic carbocycles. The van der Waals surface area contributed by atoms with Crippen LogP contribution >= 0.6 is 11.8 Å². The van der Waals surface area contributed by atoms with E-state index in [1.165, 1.54) is 11.8 Å². The van der Waals surface area contributed by atoms with E-state index in [4.69, 9.17) is 4.74 Å². The summed E-state index contributed by atoms with van der Waals surface area (Å²) in [6.07, 6.45) is 0.508. The van der Waals surface area contributed by atoms with E-state index in [0.29, 0.717) is 13.0 Å². The second-order valence-corrected chi connectivity index (χ2v) is 7.23. The molecule has 6 heteroatoms. The Kier molecular flexibility index (Phi) is 5.01. The number of rotatable bonds is 5. The molecule has 2 rings (SSSR count). The maximum Gasteiger partial charge on any atom is 0.311 e. The monoisotopic (exact) mass is 323 g/mol. The summed E-state index contributed by atoms with van der Waals surface area (Å²) in [5.74, 6) is -0.0656. The molecule has 1 amide bonds. The first-order chi connectivity index (χ1) is 10.4. The van der Waals surface area contributed by atoms with Crippen molar-refractivity contribution in [2.45, 2.75) is 30.4 Å². The number of amides is 1. The third-order valence-electron chi connectivity index (χ3n) is 4.02. The lowest BCUT2D eigenvalue weighted by atomic mass is 9.90. The summed E-state index contributed by atoms with van der Waals surface area (Å²) in [5, 5.41) is 8.99. The molecule has 0 spiro atoms. The van der Waals surface area contributed by atoms with E-state index in [0.717, 1.165) is 10.6 Å². The third-order valence-corrected chi connectivity index (χ3v) is 5.12. The van der Waals surface area contributed by atoms with Gasteiger partial charge in [-0.3, -0.25) is 9.59 Å². The van der Waals surface area contributed by atoms with Gasteiger partial charge < -0.3 is 14.7 Å². The molecular weight excluding hydrogens is 302 g/mol. The number of carboxylic acid groups (broad SMARTS) is 1. The van der Waals surface area contributed by atoms with E-state index in [1.54, 1.807) is 18.9 Å². The normalized spacial score (nSPS) is 22.4. The van der Waals surface area contributed by atoms with Crippen molar-refractivity contribution in [3.63, 3.8) is 0 Å². The first kappa shape index (κ1) is 16.7. The van der Waals surface area contributed by atoms with Gasteiger partial charge in [0, 0.05) is 18.0 Å². The highest BCUT2D eigenvalue weighted by atomic mass is 32.2. The molecule has 1 aromatic carbocycles. The van der Waals surface area contributed by atoms with Crippen LogP contribution in [0.4, 0.5) is 0 Å². The van der Waals surface area contributed by atoms with Crippen molar-refractivity contribution in [1.82, 2.24) is 4.90 Å². The first-order valence-corrected chi connectivity index (χ1v) is 8.06. The predicted molar refractivity (Wildman–Crippen MR) is 85.3 cm³/mol. The van der Waals surface area contributed by atoms with Gasteiger partial charge in [-0.1, -0.05) is 0 Å². The topological polar surface area (TPSA) is 66.8 Å². The van der Waals surface area contributed by atoms with E-state index in [9.17, 15) is 14.7 Å². The lowest BCUT2D eigenvalue weighted by molar-refractivity contribution is -0.147. The number of ether oxygens (including phenoxy) is 1. The van der Waals surface area contributed by atoms with E-state index in [2.05, 4.69) is 0 Å². The maximum atomic E-state index is 12.5. The largest absolute Gasteiger partial charge is 0.497 e. The third kappa shape index (κ3) is 3.55. The fourth-order valence-electron chi connectivity index (χ4n) is 2.49. The van der Waals surface area contributed by atoms with E-state index in [1.807, 2.05) is 31.2 Å². The standard InChI is InChI=1S/C16H21NO4S/c1-11(22-13-6-4-12(21-3)5-7-13)14(18)17-9-8-16(2,10-17)15(19)20/h4-7,11H,8-10H2,1-3H3,(H,19,20). The van der Waals surface area contributed by atoms with E-state index >= 15 is 0 Å². The number of benzene rings is 1. The molecule has 2 unspecified atom stereocenters. The van der Waals surface area contributed by atoms with Crippen LogP contribution in [0.1, 0.15) is 20.3 Å². The summed E-state index contributed by atoms with van der Waals surface area (Å²) in [4.78, 5) is 26.4. The van der Waals surface area contributed by atoms with Gasteiger partial charge in [-0.2, -0.15) is 0 Å². The van der Waals surface area contributed by atoms with Gasteiger partial charge in [0.25, 0.3) is 0 Å². The number of aliphatic carboxylic acids is 1. The van der Waals surface area contributed by atoms with Crippen LogP contribution in [0.2, 0.25) is 0 Å². The molecule has 1 aromatic rings. The van der Waals surface area contributed by atoms with Crippen LogP contribution in [0.3, 0.4) is 0 Å². The van der Waals surface area contributed by atoms with Gasteiger partial charge >= 0.3 is 5.97 Å². The molecule has 1 heterocycles. The van der Waals surface area contributed by atoms with Crippen molar-refractivity contribution in [3.05, 3.63) is 24.3 Å². The van der Waals surface area contributed by atoms with Crippen molar-refractivity contribution >= 4 is 23.6 Å². The van der Waals surface area contributed by atoms with Crippen LogP contribution in [0.25, 0.3) is 0 Å². The summed E-state index contributed by atoms with van der Waals surface area (Å²) in [5.41, 5.74) is -0.819. The Hall–Kier alpha value is -1.69. The number of carbonyl (C=O) groups is 2. The quantitative estimate of drug-likeness (QED) is 0.843. The zero-order chi connectivity index (χ0) is 16.3. The number of nitrogens with zero attached hydrogens (tertiary/aromatic N) is 1. The minimum Gasteiger partial charge on any atom is -0.497 e. The molecule has 1 saturated heterocycles. The van der Waals surface area contributed by atoms with Gasteiger partial charge in [0.05, 0.1) is 17.8 Å². The average Bonchev–Trinajstić information content (AvgIpc) is 2.91. The molecule has 1 fully saturated rings. The van der Waals surface area contributed by atoms with Crippen molar-refractivity contribution in [2.24, 2.45) is 5.41 Å². The second-order valence-electron chi connectivity index (χ2n) is 5.81. The van der Waals surface area contributed by atoms with Crippen LogP contribution in [0.15, 0.2) is 29.2 Å². The van der Waals surface area contributed by atoms with Crippen LogP contribution in [-0.2, 0) is 9.59 Å². The molecule has 1 aliphatic rings. The van der Waals surface area contributed by atoms with Gasteiger partial charge in [-0.15, -0.1) is 11.8 Å². The highest BCUT2D eigenvalue weighted by molar-refractivity contribution is 8.00. The fourth-order valence-corrected chi connectivity index (χ4v) is 3.44. The lowest BCUT2D eigenvalue weighted by Gasteiger charge is -2.23. The maximum absolute atomic E-state index is 12.5. The Labute approximate surface area is 134 Å². The Balaban J connectivity index is 1.96. The van der Waals surface area contributed by atoms with Gasteiger partial charge in [0.15, 0.2) is 0 Å². The molecule has 0 radical (unpaired) electrons. The van der Waals surface area contributed by atoms with Gasteiger partial charge in [-0.25, -0.2) is 0 Å². The summed E-state index contributed by atoms with van der Waals surface area (Å²) >= 11 is 1.47. The Morgan fingerprint density at radius 3 is 2.50 bits per heavy atom. The molecule has 1 N–H and O–H groups in total. The number of carboxylic acids is 1. The van der Waals surface area contributed by atoms with Crippen LogP contribution in [0.5, 0.6) is 5.75 Å². The zero-order valence-corrected chi connectivity index (χ0v) is 13.9. The number of carbonyl (C=O) groups excluding carboxylic acids is 1. The molecule has 0 saturated carbocycles. The Morgan fingerprint density at radius 2 is 2.00 bits per heavy atom. The van der Waals surface area contributed by atoms with Crippen LogP contribution < -0.4 is 4.74 Å². The summed E-state index contributed by atoms with van der Waals surface area (Å²) < 4.78 is 5.11. The molecule has 2 atom stereocenters. The summed E-state index contributed by atoms with van der Waals surface area (Å²) in [6.45, 7) is 4.35. The fraction of sp³-hybridized carbons (Fsp3) is 0.500. The Morgan fingerprint density at radius 1 is 1.36 bits per heavy atom. The van der Waals surface area contributed by atoms with Crippen LogP contribution in [0, 0.1) is 5.41 Å². The smallest absolute Gasteiger partial charge is 0.311 e. The molecular formula is C16H21NO4S. The highest BCUT2D eigenvalue weighted by Gasteiger charge is 2.42. The molecule has 22 heavy (non-hydrogen) atoms. The average molecular weight is 323 g/mol. The van der Waals surface area contributed by atoms with E-state index < -0.39 is 11.4 Å². The van der Waals surface area contributed by atoms with Gasteiger partial charge in [0.2, 0.25) is 5.91 Å². The molecule has 5 nitrogen and oxygen atoms in total.